The molecule has 0 fully saturated rings. The zero-order valence-corrected chi connectivity index (χ0v) is 13.1. The van der Waals surface area contributed by atoms with E-state index < -0.39 is 11.5 Å². The summed E-state index contributed by atoms with van der Waals surface area (Å²) in [7, 11) is 0. The minimum Gasteiger partial charge on any atom is -0.479 e. The Bertz CT molecular complexity index is 681. The molecule has 7 heteroatoms. The lowest BCUT2D eigenvalue weighted by Crippen LogP contribution is -2.35. The average molecular weight is 307 g/mol. The fourth-order valence-corrected chi connectivity index (χ4v) is 2.60. The number of nitrogens with zero attached hydrogens (tertiary/aromatic N) is 2. The van der Waals surface area contributed by atoms with Gasteiger partial charge in [-0.25, -0.2) is 4.79 Å². The third-order valence-electron chi connectivity index (χ3n) is 3.33. The maximum Gasteiger partial charge on any atom is 0.331 e. The van der Waals surface area contributed by atoms with Gasteiger partial charge in [-0.05, 0) is 39.3 Å². The monoisotopic (exact) mass is 307 g/mol. The lowest BCUT2D eigenvalue weighted by Gasteiger charge is -2.19. The van der Waals surface area contributed by atoms with Crippen LogP contribution in [0.3, 0.4) is 0 Å². The molecule has 0 unspecified atom stereocenters. The Kier molecular flexibility index (Phi) is 3.87. The van der Waals surface area contributed by atoms with Crippen LogP contribution in [0.4, 0.5) is 5.69 Å². The maximum absolute atomic E-state index is 12.1. The molecule has 6 nitrogen and oxygen atoms in total. The molecule has 0 aliphatic heterocycles. The number of amides is 1. The summed E-state index contributed by atoms with van der Waals surface area (Å²) in [6.45, 7) is 7.00. The number of carbonyl (C=O) groups excluding carboxylic acids is 1. The Labute approximate surface area is 126 Å². The summed E-state index contributed by atoms with van der Waals surface area (Å²) in [4.78, 5) is 25.0. The zero-order valence-electron chi connectivity index (χ0n) is 12.3. The third-order valence-corrected chi connectivity index (χ3v) is 4.48. The first kappa shape index (κ1) is 15.2. The molecule has 0 radical (unpaired) electrons. The van der Waals surface area contributed by atoms with Crippen LogP contribution in [0.15, 0.2) is 18.5 Å². The molecule has 0 aliphatic rings. The van der Waals surface area contributed by atoms with Gasteiger partial charge in [0.15, 0.2) is 5.54 Å². The van der Waals surface area contributed by atoms with E-state index in [0.29, 0.717) is 10.6 Å². The summed E-state index contributed by atoms with van der Waals surface area (Å²) < 4.78 is 1.32. The van der Waals surface area contributed by atoms with Crippen LogP contribution in [0.2, 0.25) is 0 Å². The van der Waals surface area contributed by atoms with Crippen LogP contribution in [0.5, 0.6) is 0 Å². The molecule has 0 saturated heterocycles. The predicted octanol–water partition coefficient (Wildman–Crippen LogP) is 2.63. The predicted molar refractivity (Wildman–Crippen MR) is 80.9 cm³/mol. The number of carboxylic acids is 1. The number of hydrogen-bond acceptors (Lipinski definition) is 4. The van der Waals surface area contributed by atoms with E-state index in [2.05, 4.69) is 10.4 Å². The molecule has 1 amide bonds. The molecule has 2 aromatic rings. The Morgan fingerprint density at radius 1 is 1.38 bits per heavy atom. The summed E-state index contributed by atoms with van der Waals surface area (Å²) in [6.07, 6.45) is 2.95. The third kappa shape index (κ3) is 2.97. The first-order valence-corrected chi connectivity index (χ1v) is 7.20. The SMILES string of the molecule is Cc1cc(C(=O)Nc2cnn(C(C)(C)C(=O)O)c2)sc1C. The van der Waals surface area contributed by atoms with Crippen LogP contribution >= 0.6 is 11.3 Å². The van der Waals surface area contributed by atoms with E-state index >= 15 is 0 Å². The molecule has 2 N–H and O–H groups in total. The van der Waals surface area contributed by atoms with Gasteiger partial charge in [-0.2, -0.15) is 5.10 Å². The fourth-order valence-electron chi connectivity index (χ4n) is 1.67. The van der Waals surface area contributed by atoms with Gasteiger partial charge in [0, 0.05) is 11.1 Å². The molecular formula is C14H17N3O3S. The highest BCUT2D eigenvalue weighted by atomic mass is 32.1. The Morgan fingerprint density at radius 3 is 2.57 bits per heavy atom. The van der Waals surface area contributed by atoms with Crippen molar-refractivity contribution in [1.82, 2.24) is 9.78 Å². The topological polar surface area (TPSA) is 84.2 Å². The molecule has 0 aromatic carbocycles. The zero-order chi connectivity index (χ0) is 15.8. The molecule has 21 heavy (non-hydrogen) atoms. The number of thiophene rings is 1. The molecule has 0 atom stereocenters. The number of carboxylic acid groups (broad SMARTS) is 1. The van der Waals surface area contributed by atoms with Crippen molar-refractivity contribution >= 4 is 28.9 Å². The van der Waals surface area contributed by atoms with E-state index in [1.807, 2.05) is 19.9 Å². The van der Waals surface area contributed by atoms with Gasteiger partial charge in [0.25, 0.3) is 5.91 Å². The number of nitrogens with one attached hydrogen (secondary N) is 1. The second-order valence-electron chi connectivity index (χ2n) is 5.34. The van der Waals surface area contributed by atoms with Crippen molar-refractivity contribution in [3.8, 4) is 0 Å². The number of rotatable bonds is 4. The summed E-state index contributed by atoms with van der Waals surface area (Å²) >= 11 is 1.43. The summed E-state index contributed by atoms with van der Waals surface area (Å²) in [5, 5.41) is 15.9. The van der Waals surface area contributed by atoms with E-state index in [1.54, 1.807) is 13.8 Å². The van der Waals surface area contributed by atoms with Gasteiger partial charge in [0.1, 0.15) is 0 Å². The van der Waals surface area contributed by atoms with E-state index in [4.69, 9.17) is 5.11 Å². The Morgan fingerprint density at radius 2 is 2.05 bits per heavy atom. The number of aliphatic carboxylic acids is 1. The number of aryl methyl sites for hydroxylation is 2. The van der Waals surface area contributed by atoms with Gasteiger partial charge in [-0.1, -0.05) is 0 Å². The standard InChI is InChI=1S/C14H17N3O3S/c1-8-5-11(21-9(8)2)12(18)16-10-6-15-17(7-10)14(3,4)13(19)20/h5-7H,1-4H3,(H,16,18)(H,19,20). The second kappa shape index (κ2) is 5.33. The van der Waals surface area contributed by atoms with Gasteiger partial charge in [-0.3, -0.25) is 9.48 Å². The summed E-state index contributed by atoms with van der Waals surface area (Å²) in [6, 6.07) is 1.83. The van der Waals surface area contributed by atoms with Gasteiger partial charge in [0.05, 0.1) is 16.8 Å². The largest absolute Gasteiger partial charge is 0.479 e. The molecule has 2 rings (SSSR count). The molecule has 112 valence electrons. The molecular weight excluding hydrogens is 290 g/mol. The minimum atomic E-state index is -1.17. The van der Waals surface area contributed by atoms with Crippen LogP contribution in [-0.4, -0.2) is 26.8 Å². The Balaban J connectivity index is 2.16. The van der Waals surface area contributed by atoms with E-state index in [-0.39, 0.29) is 5.91 Å². The second-order valence-corrected chi connectivity index (χ2v) is 6.60. The van der Waals surface area contributed by atoms with Gasteiger partial charge >= 0.3 is 5.97 Å². The molecule has 2 heterocycles. The van der Waals surface area contributed by atoms with E-state index in [1.165, 1.54) is 28.4 Å². The highest BCUT2D eigenvalue weighted by Gasteiger charge is 2.30. The smallest absolute Gasteiger partial charge is 0.331 e. The van der Waals surface area contributed by atoms with Crippen molar-refractivity contribution < 1.29 is 14.7 Å². The average Bonchev–Trinajstić information content (AvgIpc) is 2.98. The Hall–Kier alpha value is -2.15. The van der Waals surface area contributed by atoms with Crippen molar-refractivity contribution in [2.24, 2.45) is 0 Å². The number of hydrogen-bond donors (Lipinski definition) is 2. The number of anilines is 1. The van der Waals surface area contributed by atoms with Crippen LogP contribution in [0.25, 0.3) is 0 Å². The van der Waals surface area contributed by atoms with Gasteiger partial charge in [-0.15, -0.1) is 11.3 Å². The van der Waals surface area contributed by atoms with Crippen molar-refractivity contribution in [2.75, 3.05) is 5.32 Å². The van der Waals surface area contributed by atoms with Crippen molar-refractivity contribution in [3.63, 3.8) is 0 Å². The lowest BCUT2D eigenvalue weighted by molar-refractivity contribution is -0.146. The highest BCUT2D eigenvalue weighted by molar-refractivity contribution is 7.14. The first-order valence-electron chi connectivity index (χ1n) is 6.38. The quantitative estimate of drug-likeness (QED) is 0.909. The van der Waals surface area contributed by atoms with Crippen molar-refractivity contribution in [2.45, 2.75) is 33.2 Å². The first-order chi connectivity index (χ1) is 9.71. The normalized spacial score (nSPS) is 11.4. The molecule has 0 bridgehead atoms. The van der Waals surface area contributed by atoms with E-state index in [0.717, 1.165) is 10.4 Å². The van der Waals surface area contributed by atoms with E-state index in [9.17, 15) is 9.59 Å². The van der Waals surface area contributed by atoms with Crippen LogP contribution in [0.1, 0.15) is 34.0 Å². The van der Waals surface area contributed by atoms with Crippen LogP contribution in [-0.2, 0) is 10.3 Å². The fraction of sp³-hybridized carbons (Fsp3) is 0.357. The van der Waals surface area contributed by atoms with Crippen molar-refractivity contribution in [1.29, 1.82) is 0 Å². The van der Waals surface area contributed by atoms with Gasteiger partial charge < -0.3 is 10.4 Å². The molecule has 0 saturated carbocycles. The minimum absolute atomic E-state index is 0.219. The number of carbonyl (C=O) groups is 2. The molecule has 2 aromatic heterocycles. The highest BCUT2D eigenvalue weighted by Crippen LogP contribution is 2.22. The maximum atomic E-state index is 12.1. The van der Waals surface area contributed by atoms with Crippen LogP contribution in [0, 0.1) is 13.8 Å². The van der Waals surface area contributed by atoms with Gasteiger partial charge in [0.2, 0.25) is 0 Å². The summed E-state index contributed by atoms with van der Waals surface area (Å²) in [5.41, 5.74) is 0.380. The lowest BCUT2D eigenvalue weighted by atomic mass is 10.1. The van der Waals surface area contributed by atoms with Crippen LogP contribution < -0.4 is 5.32 Å². The van der Waals surface area contributed by atoms with Crippen molar-refractivity contribution in [3.05, 3.63) is 33.8 Å². The molecule has 0 spiro atoms. The molecule has 0 aliphatic carbocycles. The summed E-state index contributed by atoms with van der Waals surface area (Å²) in [5.74, 6) is -1.21. The number of aromatic nitrogens is 2.